The van der Waals surface area contributed by atoms with Crippen molar-refractivity contribution in [3.8, 4) is 40.1 Å². The van der Waals surface area contributed by atoms with Crippen molar-refractivity contribution in [2.45, 2.75) is 12.8 Å². The lowest BCUT2D eigenvalue weighted by molar-refractivity contribution is 0.891. The van der Waals surface area contributed by atoms with Gasteiger partial charge in [0.2, 0.25) is 11.9 Å². The Bertz CT molecular complexity index is 5280. The van der Waals surface area contributed by atoms with Crippen molar-refractivity contribution in [3.63, 3.8) is 0 Å². The molecular formula is C53H36N6. The molecule has 59 heavy (non-hydrogen) atoms. The van der Waals surface area contributed by atoms with Crippen LogP contribution >= 0.6 is 0 Å². The third-order valence-electron chi connectivity index (χ3n) is 9.54. The quantitative estimate of drug-likeness (QED) is 0.163. The highest BCUT2D eigenvalue weighted by atomic mass is 15.3. The fourth-order valence-corrected chi connectivity index (χ4v) is 7.10. The van der Waals surface area contributed by atoms with E-state index in [0.717, 1.165) is 4.57 Å². The topological polar surface area (TPSA) is 53.5 Å². The molecule has 4 aromatic heterocycles. The van der Waals surface area contributed by atoms with Crippen molar-refractivity contribution in [1.82, 2.24) is 28.7 Å². The second kappa shape index (κ2) is 13.4. The number of nitrogens with zero attached hydrogens (tertiary/aromatic N) is 6. The maximum absolute atomic E-state index is 10.0. The van der Waals surface area contributed by atoms with Gasteiger partial charge in [0.05, 0.1) is 82.8 Å². The van der Waals surface area contributed by atoms with Crippen LogP contribution in [-0.2, 0) is 6.42 Å². The van der Waals surface area contributed by atoms with Gasteiger partial charge in [0, 0.05) is 32.5 Å². The summed E-state index contributed by atoms with van der Waals surface area (Å²) in [5.74, 6) is -3.15. The Morgan fingerprint density at radius 2 is 0.966 bits per heavy atom. The van der Waals surface area contributed by atoms with Crippen molar-refractivity contribution >= 4 is 60.6 Å². The van der Waals surface area contributed by atoms with Crippen LogP contribution in [0.5, 0.6) is 0 Å². The molecule has 0 N–H and O–H groups in total. The minimum Gasteiger partial charge on any atom is -0.309 e. The summed E-state index contributed by atoms with van der Waals surface area (Å²) in [4.78, 5) is 14.1. The van der Waals surface area contributed by atoms with Crippen LogP contribution in [0, 0.1) is 0 Å². The summed E-state index contributed by atoms with van der Waals surface area (Å²) in [6.07, 6.45) is -1.33. The first-order chi connectivity index (χ1) is 42.6. The highest BCUT2D eigenvalue weighted by Gasteiger charge is 2.24. The second-order valence-corrected chi connectivity index (χ2v) is 12.7. The molecule has 1 aliphatic carbocycles. The number of hydrogen-bond acceptors (Lipinski definition) is 3. The predicted octanol–water partition coefficient (Wildman–Crippen LogP) is 12.9. The van der Waals surface area contributed by atoms with E-state index in [1.165, 1.54) is 0 Å². The summed E-state index contributed by atoms with van der Waals surface area (Å²) in [7, 11) is 0. The van der Waals surface area contributed by atoms with Gasteiger partial charge in [-0.3, -0.25) is 9.13 Å². The normalized spacial score (nSPS) is 23.5. The van der Waals surface area contributed by atoms with Crippen LogP contribution in [0.25, 0.3) is 101 Å². The van der Waals surface area contributed by atoms with E-state index in [1.807, 2.05) is 0 Å². The summed E-state index contributed by atoms with van der Waals surface area (Å²) in [6, 6.07) is -29.4. The molecule has 0 unspecified atom stereocenters. The van der Waals surface area contributed by atoms with E-state index in [0.29, 0.717) is 9.13 Å². The molecule has 278 valence electrons. The van der Waals surface area contributed by atoms with Crippen LogP contribution in [0.4, 0.5) is 0 Å². The lowest BCUT2D eigenvalue weighted by Gasteiger charge is -2.17. The molecule has 0 saturated carbocycles. The van der Waals surface area contributed by atoms with Gasteiger partial charge in [0.15, 0.2) is 5.82 Å². The minimum absolute atomic E-state index is 0.299. The van der Waals surface area contributed by atoms with Crippen LogP contribution in [0.3, 0.4) is 0 Å². The van der Waals surface area contributed by atoms with Crippen LogP contribution in [0.2, 0.25) is 0 Å². The van der Waals surface area contributed by atoms with Gasteiger partial charge in [-0.15, -0.1) is 0 Å². The fraction of sp³-hybridized carbons (Fsp3) is 0.0377. The lowest BCUT2D eigenvalue weighted by atomic mass is 10.0. The summed E-state index contributed by atoms with van der Waals surface area (Å²) in [5.41, 5.74) is -7.93. The molecule has 0 fully saturated rings. The monoisotopic (exact) mass is 789 g/mol. The van der Waals surface area contributed by atoms with Gasteiger partial charge in [-0.2, -0.15) is 15.0 Å². The molecule has 7 aromatic carbocycles. The molecule has 0 saturated heterocycles. The Hall–Kier alpha value is -7.83. The van der Waals surface area contributed by atoms with E-state index < -0.39 is 307 Å². The maximum Gasteiger partial charge on any atom is 0.240 e. The highest BCUT2D eigenvalue weighted by molar-refractivity contribution is 6.11. The van der Waals surface area contributed by atoms with E-state index in [-0.39, 0.29) is 5.56 Å². The third kappa shape index (κ3) is 5.23. The van der Waals surface area contributed by atoms with Crippen molar-refractivity contribution in [2.24, 2.45) is 0 Å². The average molecular weight is 789 g/mol. The van der Waals surface area contributed by atoms with Crippen LogP contribution in [0.15, 0.2) is 187 Å². The molecule has 6 nitrogen and oxygen atoms in total. The molecular weight excluding hydrogens is 721 g/mol. The Morgan fingerprint density at radius 3 is 1.64 bits per heavy atom. The molecule has 4 heterocycles. The Balaban J connectivity index is 1.39. The SMILES string of the molecule is [2H]/C1=C(\[2H])Cc2c(n(-c3c([2H])c([2H])c([2H])c([2H])c3-c3nc(-n4c5c([2H])c([2H])c([2H])c([2H])c5c5c([2H])c([2H])c([2H])c([2H])c54)nc(-n4c5c([2H])c([2H])c([2H])c([2H])c5c5c([2H])c([2H])c(-c6c([2H])c([2H])c([2H])c([2H])c6[2H])c([2H])c54)n3)c3c([2H])c([2H])c([2H])c([2H])c23)/C([2H])=C(/[2H])C1. The van der Waals surface area contributed by atoms with E-state index in [4.69, 9.17) is 28.3 Å². The Morgan fingerprint density at radius 1 is 0.424 bits per heavy atom. The number of hydrogen-bond donors (Lipinski definition) is 0. The molecule has 0 radical (unpaired) electrons. The van der Waals surface area contributed by atoms with Gasteiger partial charge in [-0.05, 0) is 77.9 Å². The number of aromatic nitrogens is 6. The standard InChI is InChI=1S/C53H36N6/c1-2-7-26-44-37(20-6-1)38-21-8-13-27-45(38)57(44)49-31-17-12-25-43(49)51-54-52(58-46-28-14-9-22-39(46)40-23-10-15-29-47(40)58)56-53(55-51)59-48-30-16-11-24-41(48)42-33-32-36(34-50(42)59)35-18-4-3-5-19-35/h1,3-19,21-34H,2,20H2/b6-1-,26-7-/i1D,3D,4D,5D,6D,7D,8D,9D,10D,11D,12D,13D,14D,15D,16D,17D,18D,19D,21D,22D,23D,24D,25D,26D,27D,28D,29D,30D,31D,32D,33D,34D. The first-order valence-corrected chi connectivity index (χ1v) is 17.5. The summed E-state index contributed by atoms with van der Waals surface area (Å²) in [6.45, 7) is 0. The van der Waals surface area contributed by atoms with Crippen molar-refractivity contribution in [3.05, 3.63) is 199 Å². The predicted molar refractivity (Wildman–Crippen MR) is 243 cm³/mol. The summed E-state index contributed by atoms with van der Waals surface area (Å²) in [5, 5.41) is -2.90. The molecule has 0 amide bonds. The van der Waals surface area contributed by atoms with E-state index in [1.54, 1.807) is 0 Å². The number of allylic oxidation sites excluding steroid dienone is 3. The molecule has 0 spiro atoms. The van der Waals surface area contributed by atoms with E-state index >= 15 is 0 Å². The summed E-state index contributed by atoms with van der Waals surface area (Å²) < 4.78 is 294. The van der Waals surface area contributed by atoms with E-state index in [2.05, 4.69) is 9.97 Å². The van der Waals surface area contributed by atoms with Gasteiger partial charge in [0.1, 0.15) is 0 Å². The van der Waals surface area contributed by atoms with Crippen molar-refractivity contribution in [1.29, 1.82) is 0 Å². The minimum atomic E-state index is -1.13. The molecule has 0 bridgehead atoms. The lowest BCUT2D eigenvalue weighted by Crippen LogP contribution is -2.11. The molecule has 0 aliphatic heterocycles. The molecule has 1 aliphatic rings. The van der Waals surface area contributed by atoms with Gasteiger partial charge < -0.3 is 4.57 Å². The van der Waals surface area contributed by atoms with Gasteiger partial charge in [0.25, 0.3) is 0 Å². The molecule has 6 heteroatoms. The van der Waals surface area contributed by atoms with Gasteiger partial charge in [-0.25, -0.2) is 0 Å². The Kier molecular flexibility index (Phi) is 3.30. The smallest absolute Gasteiger partial charge is 0.240 e. The molecule has 11 aromatic rings. The zero-order chi connectivity index (χ0) is 66.7. The average Bonchev–Trinajstić information content (AvgIpc) is 1.60. The van der Waals surface area contributed by atoms with Crippen molar-refractivity contribution in [2.75, 3.05) is 0 Å². The van der Waals surface area contributed by atoms with Crippen LogP contribution in [0.1, 0.15) is 61.5 Å². The molecule has 0 atom stereocenters. The maximum atomic E-state index is 10.0. The molecule has 12 rings (SSSR count). The zero-order valence-electron chi connectivity index (χ0n) is 61.6. The van der Waals surface area contributed by atoms with E-state index in [9.17, 15) is 20.6 Å². The number of benzene rings is 7. The zero-order valence-corrected chi connectivity index (χ0v) is 29.6. The third-order valence-corrected chi connectivity index (χ3v) is 9.54. The van der Waals surface area contributed by atoms with Crippen LogP contribution < -0.4 is 0 Å². The number of fused-ring (bicyclic) bond motifs is 9. The largest absolute Gasteiger partial charge is 0.309 e. The van der Waals surface area contributed by atoms with Crippen molar-refractivity contribution < 1.29 is 43.9 Å². The Labute approximate surface area is 385 Å². The number of para-hydroxylation sites is 5. The second-order valence-electron chi connectivity index (χ2n) is 12.7. The van der Waals surface area contributed by atoms with Crippen LogP contribution in [-0.4, -0.2) is 28.7 Å². The highest BCUT2D eigenvalue weighted by Crippen LogP contribution is 2.39. The summed E-state index contributed by atoms with van der Waals surface area (Å²) >= 11 is 0. The van der Waals surface area contributed by atoms with Gasteiger partial charge in [-0.1, -0.05) is 145 Å². The first kappa shape index (κ1) is 14.5. The fourth-order valence-electron chi connectivity index (χ4n) is 7.10. The first-order valence-electron chi connectivity index (χ1n) is 33.5. The van der Waals surface area contributed by atoms with Gasteiger partial charge >= 0.3 is 0 Å². The number of rotatable bonds is 5.